The molecule has 0 saturated carbocycles. The Hall–Kier alpha value is -2.60. The molecule has 6 heteroatoms. The van der Waals surface area contributed by atoms with Crippen molar-refractivity contribution in [3.8, 4) is 11.5 Å². The standard InChI is InChI=1S/C20H25FN2O3/c1-25-19-13-16(14-20(22)24)6-9-18(19)26-12-11-23-10-2-3-15-4-7-17(21)8-5-15/h4-9,13,23H,2-3,10-12,14H2,1H3,(H2,22,24). The van der Waals surface area contributed by atoms with Crippen molar-refractivity contribution in [3.05, 3.63) is 59.4 Å². The fraction of sp³-hybridized carbons (Fsp3) is 0.350. The summed E-state index contributed by atoms with van der Waals surface area (Å²) >= 11 is 0. The Balaban J connectivity index is 1.66. The van der Waals surface area contributed by atoms with Crippen LogP contribution in [0.25, 0.3) is 0 Å². The van der Waals surface area contributed by atoms with E-state index < -0.39 is 0 Å². The van der Waals surface area contributed by atoms with Crippen LogP contribution in [0.2, 0.25) is 0 Å². The molecule has 2 rings (SSSR count). The molecule has 0 aliphatic carbocycles. The van der Waals surface area contributed by atoms with E-state index in [0.717, 1.165) is 30.5 Å². The van der Waals surface area contributed by atoms with Crippen LogP contribution in [0.3, 0.4) is 0 Å². The first-order chi connectivity index (χ1) is 12.6. The molecule has 0 heterocycles. The lowest BCUT2D eigenvalue weighted by molar-refractivity contribution is -0.117. The van der Waals surface area contributed by atoms with Gasteiger partial charge in [-0.25, -0.2) is 4.39 Å². The number of hydrogen-bond acceptors (Lipinski definition) is 4. The first-order valence-electron chi connectivity index (χ1n) is 8.61. The largest absolute Gasteiger partial charge is 0.493 e. The van der Waals surface area contributed by atoms with E-state index in [9.17, 15) is 9.18 Å². The van der Waals surface area contributed by atoms with Gasteiger partial charge in [0, 0.05) is 6.54 Å². The van der Waals surface area contributed by atoms with Crippen LogP contribution in [0.1, 0.15) is 17.5 Å². The quantitative estimate of drug-likeness (QED) is 0.604. The molecule has 26 heavy (non-hydrogen) atoms. The Bertz CT molecular complexity index is 705. The van der Waals surface area contributed by atoms with Gasteiger partial charge in [0.05, 0.1) is 13.5 Å². The minimum absolute atomic E-state index is 0.173. The summed E-state index contributed by atoms with van der Waals surface area (Å²) in [5, 5.41) is 3.31. The van der Waals surface area contributed by atoms with Crippen LogP contribution >= 0.6 is 0 Å². The third kappa shape index (κ3) is 6.72. The third-order valence-corrected chi connectivity index (χ3v) is 3.88. The number of carbonyl (C=O) groups is 1. The zero-order valence-electron chi connectivity index (χ0n) is 15.0. The van der Waals surface area contributed by atoms with Crippen LogP contribution < -0.4 is 20.5 Å². The molecular formula is C20H25FN2O3. The molecule has 0 atom stereocenters. The normalized spacial score (nSPS) is 10.5. The number of primary amides is 1. The summed E-state index contributed by atoms with van der Waals surface area (Å²) in [4.78, 5) is 11.0. The van der Waals surface area contributed by atoms with Crippen molar-refractivity contribution in [2.75, 3.05) is 26.8 Å². The summed E-state index contributed by atoms with van der Waals surface area (Å²) in [5.74, 6) is 0.626. The van der Waals surface area contributed by atoms with Crippen molar-refractivity contribution in [2.45, 2.75) is 19.3 Å². The van der Waals surface area contributed by atoms with Crippen LogP contribution in [0.15, 0.2) is 42.5 Å². The molecule has 0 radical (unpaired) electrons. The van der Waals surface area contributed by atoms with Gasteiger partial charge in [-0.2, -0.15) is 0 Å². The predicted molar refractivity (Wildman–Crippen MR) is 99.0 cm³/mol. The molecule has 5 nitrogen and oxygen atoms in total. The van der Waals surface area contributed by atoms with Crippen molar-refractivity contribution in [1.29, 1.82) is 0 Å². The van der Waals surface area contributed by atoms with Crippen molar-refractivity contribution >= 4 is 5.91 Å². The molecule has 0 saturated heterocycles. The zero-order valence-corrected chi connectivity index (χ0v) is 15.0. The topological polar surface area (TPSA) is 73.6 Å². The van der Waals surface area contributed by atoms with Crippen LogP contribution in [0.5, 0.6) is 11.5 Å². The predicted octanol–water partition coefficient (Wildman–Crippen LogP) is 2.46. The van der Waals surface area contributed by atoms with E-state index >= 15 is 0 Å². The van der Waals surface area contributed by atoms with Gasteiger partial charge in [-0.1, -0.05) is 18.2 Å². The molecule has 0 aromatic heterocycles. The van der Waals surface area contributed by atoms with E-state index in [-0.39, 0.29) is 18.1 Å². The second kappa shape index (κ2) is 10.4. The number of rotatable bonds is 11. The Morgan fingerprint density at radius 2 is 1.81 bits per heavy atom. The Morgan fingerprint density at radius 3 is 2.50 bits per heavy atom. The van der Waals surface area contributed by atoms with Crippen LogP contribution in [-0.2, 0) is 17.6 Å². The van der Waals surface area contributed by atoms with Gasteiger partial charge < -0.3 is 20.5 Å². The maximum Gasteiger partial charge on any atom is 0.221 e. The van der Waals surface area contributed by atoms with Gasteiger partial charge >= 0.3 is 0 Å². The maximum atomic E-state index is 12.8. The average molecular weight is 360 g/mol. The number of methoxy groups -OCH3 is 1. The minimum Gasteiger partial charge on any atom is -0.493 e. The van der Waals surface area contributed by atoms with E-state index in [1.165, 1.54) is 12.1 Å². The summed E-state index contributed by atoms with van der Waals surface area (Å²) < 4.78 is 23.8. The molecule has 140 valence electrons. The first-order valence-corrected chi connectivity index (χ1v) is 8.61. The summed E-state index contributed by atoms with van der Waals surface area (Å²) in [6.45, 7) is 2.06. The number of benzene rings is 2. The number of nitrogens with one attached hydrogen (secondary N) is 1. The molecule has 0 aliphatic heterocycles. The molecule has 0 fully saturated rings. The van der Waals surface area contributed by atoms with Gasteiger partial charge in [-0.15, -0.1) is 0 Å². The summed E-state index contributed by atoms with van der Waals surface area (Å²) in [6.07, 6.45) is 2.05. The molecule has 0 aliphatic rings. The van der Waals surface area contributed by atoms with Gasteiger partial charge in [0.15, 0.2) is 11.5 Å². The van der Waals surface area contributed by atoms with Gasteiger partial charge in [-0.3, -0.25) is 4.79 Å². The third-order valence-electron chi connectivity index (χ3n) is 3.88. The van der Waals surface area contributed by atoms with Gasteiger partial charge in [0.25, 0.3) is 0 Å². The monoisotopic (exact) mass is 360 g/mol. The Labute approximate surface area is 153 Å². The molecular weight excluding hydrogens is 335 g/mol. The fourth-order valence-electron chi connectivity index (χ4n) is 2.57. The lowest BCUT2D eigenvalue weighted by atomic mass is 10.1. The second-order valence-corrected chi connectivity index (χ2v) is 5.96. The van der Waals surface area contributed by atoms with Crippen LogP contribution in [0, 0.1) is 5.82 Å². The van der Waals surface area contributed by atoms with Crippen LogP contribution in [-0.4, -0.2) is 32.7 Å². The summed E-state index contributed by atoms with van der Waals surface area (Å²) in [5.41, 5.74) is 7.12. The number of hydrogen-bond donors (Lipinski definition) is 2. The first kappa shape index (κ1) is 19.7. The molecule has 1 amide bonds. The van der Waals surface area contributed by atoms with Crippen molar-refractivity contribution in [2.24, 2.45) is 5.73 Å². The minimum atomic E-state index is -0.384. The number of nitrogens with two attached hydrogens (primary N) is 1. The van der Waals surface area contributed by atoms with E-state index in [4.69, 9.17) is 15.2 Å². The van der Waals surface area contributed by atoms with Gasteiger partial charge in [0.2, 0.25) is 5.91 Å². The maximum absolute atomic E-state index is 12.8. The molecule has 2 aromatic carbocycles. The van der Waals surface area contributed by atoms with Crippen molar-refractivity contribution in [1.82, 2.24) is 5.32 Å². The summed E-state index contributed by atoms with van der Waals surface area (Å²) in [7, 11) is 1.56. The molecule has 0 bridgehead atoms. The lowest BCUT2D eigenvalue weighted by Crippen LogP contribution is -2.22. The lowest BCUT2D eigenvalue weighted by Gasteiger charge is -2.12. The molecule has 3 N–H and O–H groups in total. The number of ether oxygens (including phenoxy) is 2. The number of carbonyl (C=O) groups excluding carboxylic acids is 1. The highest BCUT2D eigenvalue weighted by molar-refractivity contribution is 5.76. The van der Waals surface area contributed by atoms with E-state index in [2.05, 4.69) is 5.32 Å². The zero-order chi connectivity index (χ0) is 18.8. The number of amides is 1. The van der Waals surface area contributed by atoms with Crippen LogP contribution in [0.4, 0.5) is 4.39 Å². The average Bonchev–Trinajstić information content (AvgIpc) is 2.62. The van der Waals surface area contributed by atoms with E-state index in [0.29, 0.717) is 24.7 Å². The van der Waals surface area contributed by atoms with Gasteiger partial charge in [0.1, 0.15) is 12.4 Å². The number of aryl methyl sites for hydroxylation is 1. The highest BCUT2D eigenvalue weighted by Gasteiger charge is 2.07. The second-order valence-electron chi connectivity index (χ2n) is 5.96. The van der Waals surface area contributed by atoms with Crippen molar-refractivity contribution in [3.63, 3.8) is 0 Å². The van der Waals surface area contributed by atoms with Gasteiger partial charge in [-0.05, 0) is 54.8 Å². The van der Waals surface area contributed by atoms with Crippen molar-refractivity contribution < 1.29 is 18.7 Å². The smallest absolute Gasteiger partial charge is 0.221 e. The highest BCUT2D eigenvalue weighted by Crippen LogP contribution is 2.28. The Kier molecular flexibility index (Phi) is 7.89. The molecule has 2 aromatic rings. The fourth-order valence-corrected chi connectivity index (χ4v) is 2.57. The van der Waals surface area contributed by atoms with E-state index in [1.807, 2.05) is 12.1 Å². The highest BCUT2D eigenvalue weighted by atomic mass is 19.1. The SMILES string of the molecule is COc1cc(CC(N)=O)ccc1OCCNCCCc1ccc(F)cc1. The number of halogens is 1. The molecule has 0 spiro atoms. The van der Waals surface area contributed by atoms with E-state index in [1.54, 1.807) is 25.3 Å². The Morgan fingerprint density at radius 1 is 1.08 bits per heavy atom. The summed E-state index contributed by atoms with van der Waals surface area (Å²) in [6, 6.07) is 11.9. The molecule has 0 unspecified atom stereocenters.